The van der Waals surface area contributed by atoms with Crippen LogP contribution >= 0.6 is 0 Å². The van der Waals surface area contributed by atoms with Gasteiger partial charge in [0.2, 0.25) is 11.8 Å². The average Bonchev–Trinajstić information content (AvgIpc) is 2.23. The molecule has 0 heterocycles. The Hall–Kier alpha value is -1.68. The Morgan fingerprint density at radius 1 is 1.25 bits per heavy atom. The fourth-order valence-electron chi connectivity index (χ4n) is 1.37. The monoisotopic (exact) mass is 309 g/mol. The number of nitrogens with two attached hydrogens (primary N) is 1. The molecule has 0 spiro atoms. The normalized spacial score (nSPS) is 15.3. The maximum absolute atomic E-state index is 12.4. The van der Waals surface area contributed by atoms with Crippen molar-refractivity contribution < 1.29 is 36.3 Å². The summed E-state index contributed by atoms with van der Waals surface area (Å²) in [5, 5.41) is 10.8. The van der Waals surface area contributed by atoms with Gasteiger partial charge in [-0.25, -0.2) is 0 Å². The number of carbonyl (C=O) groups is 1. The summed E-state index contributed by atoms with van der Waals surface area (Å²) in [7, 11) is 0.780. The van der Waals surface area contributed by atoms with Crippen molar-refractivity contribution in [1.82, 2.24) is 4.90 Å². The number of amidine groups is 1. The second kappa shape index (κ2) is 6.18. The van der Waals surface area contributed by atoms with Crippen molar-refractivity contribution in [3.63, 3.8) is 0 Å². The molecule has 0 aliphatic carbocycles. The van der Waals surface area contributed by atoms with E-state index in [1.807, 2.05) is 0 Å². The molecule has 0 radical (unpaired) electrons. The van der Waals surface area contributed by atoms with E-state index in [9.17, 15) is 31.1 Å². The van der Waals surface area contributed by atoms with E-state index in [1.54, 1.807) is 0 Å². The lowest BCUT2D eigenvalue weighted by Crippen LogP contribution is -2.51. The zero-order valence-electron chi connectivity index (χ0n) is 10.5. The van der Waals surface area contributed by atoms with Gasteiger partial charge in [-0.05, 0) is 6.92 Å². The molecule has 0 aliphatic rings. The highest BCUT2D eigenvalue weighted by Gasteiger charge is 2.62. The first-order valence-corrected chi connectivity index (χ1v) is 5.18. The van der Waals surface area contributed by atoms with Gasteiger partial charge in [-0.3, -0.25) is 4.79 Å². The standard InChI is InChI=1S/C9H13F6N3O2/c1-4(3-5(16)17-20)18(2)7(19)6(8(10,11)12)9(13,14)15/h4,6,20H,3H2,1-2H3,(H2,16,17). The number of hydrogen-bond acceptors (Lipinski definition) is 3. The van der Waals surface area contributed by atoms with E-state index in [1.165, 1.54) is 6.92 Å². The SMILES string of the molecule is CC(CC(N)=NO)N(C)C(=O)C(C(F)(F)F)C(F)(F)F. The molecule has 0 saturated carbocycles. The summed E-state index contributed by atoms with van der Waals surface area (Å²) >= 11 is 0. The summed E-state index contributed by atoms with van der Waals surface area (Å²) in [6.45, 7) is 1.17. The molecule has 0 saturated heterocycles. The maximum Gasteiger partial charge on any atom is 0.409 e. The molecule has 0 aromatic heterocycles. The molecular weight excluding hydrogens is 296 g/mol. The molecule has 1 unspecified atom stereocenters. The lowest BCUT2D eigenvalue weighted by atomic mass is 10.1. The van der Waals surface area contributed by atoms with Crippen LogP contribution in [0.4, 0.5) is 26.3 Å². The van der Waals surface area contributed by atoms with Crippen molar-refractivity contribution >= 4 is 11.7 Å². The Morgan fingerprint density at radius 2 is 1.65 bits per heavy atom. The highest BCUT2D eigenvalue weighted by molar-refractivity contribution is 5.83. The van der Waals surface area contributed by atoms with E-state index in [0.29, 0.717) is 0 Å². The maximum atomic E-state index is 12.4. The summed E-state index contributed by atoms with van der Waals surface area (Å²) in [4.78, 5) is 11.7. The molecule has 0 bridgehead atoms. The minimum Gasteiger partial charge on any atom is -0.409 e. The Morgan fingerprint density at radius 3 is 1.95 bits per heavy atom. The average molecular weight is 309 g/mol. The summed E-state index contributed by atoms with van der Waals surface area (Å²) in [5.74, 6) is -6.68. The number of nitrogens with zero attached hydrogens (tertiary/aromatic N) is 2. The van der Waals surface area contributed by atoms with Crippen molar-refractivity contribution in [3.8, 4) is 0 Å². The quantitative estimate of drug-likeness (QED) is 0.273. The number of carbonyl (C=O) groups excluding carboxylic acids is 1. The van der Waals surface area contributed by atoms with E-state index in [4.69, 9.17) is 10.9 Å². The van der Waals surface area contributed by atoms with Crippen LogP contribution in [0.1, 0.15) is 13.3 Å². The lowest BCUT2D eigenvalue weighted by molar-refractivity contribution is -0.277. The Balaban J connectivity index is 5.19. The van der Waals surface area contributed by atoms with Crippen molar-refractivity contribution in [2.24, 2.45) is 16.8 Å². The van der Waals surface area contributed by atoms with Crippen LogP contribution in [0.2, 0.25) is 0 Å². The predicted molar refractivity (Wildman–Crippen MR) is 55.9 cm³/mol. The van der Waals surface area contributed by atoms with Crippen LogP contribution < -0.4 is 5.73 Å². The largest absolute Gasteiger partial charge is 0.409 e. The van der Waals surface area contributed by atoms with Gasteiger partial charge in [-0.15, -0.1) is 0 Å². The number of amides is 1. The summed E-state index contributed by atoms with van der Waals surface area (Å²) < 4.78 is 74.2. The van der Waals surface area contributed by atoms with Crippen LogP contribution in [-0.2, 0) is 4.79 Å². The summed E-state index contributed by atoms with van der Waals surface area (Å²) in [6.07, 6.45) is -11.9. The van der Waals surface area contributed by atoms with Crippen molar-refractivity contribution in [1.29, 1.82) is 0 Å². The van der Waals surface area contributed by atoms with E-state index < -0.39 is 36.1 Å². The third-order valence-electron chi connectivity index (χ3n) is 2.54. The number of oxime groups is 1. The molecule has 0 aromatic rings. The van der Waals surface area contributed by atoms with Crippen LogP contribution in [0.15, 0.2) is 5.16 Å². The predicted octanol–water partition coefficient (Wildman–Crippen LogP) is 1.71. The number of hydrogen-bond donors (Lipinski definition) is 2. The van der Waals surface area contributed by atoms with Gasteiger partial charge in [0.25, 0.3) is 0 Å². The van der Waals surface area contributed by atoms with Crippen LogP contribution in [0.25, 0.3) is 0 Å². The van der Waals surface area contributed by atoms with Gasteiger partial charge in [0.05, 0.1) is 0 Å². The van der Waals surface area contributed by atoms with Crippen LogP contribution in [-0.4, -0.2) is 47.3 Å². The first kappa shape index (κ1) is 18.3. The van der Waals surface area contributed by atoms with E-state index in [2.05, 4.69) is 5.16 Å². The zero-order valence-corrected chi connectivity index (χ0v) is 10.5. The Kier molecular flexibility index (Phi) is 5.66. The molecule has 5 nitrogen and oxygen atoms in total. The second-order valence-corrected chi connectivity index (χ2v) is 4.11. The molecule has 1 atom stereocenters. The van der Waals surface area contributed by atoms with Crippen molar-refractivity contribution in [2.75, 3.05) is 7.05 Å². The molecule has 0 rings (SSSR count). The van der Waals surface area contributed by atoms with Crippen molar-refractivity contribution in [2.45, 2.75) is 31.7 Å². The second-order valence-electron chi connectivity index (χ2n) is 4.11. The first-order valence-electron chi connectivity index (χ1n) is 5.18. The van der Waals surface area contributed by atoms with Crippen LogP contribution in [0.3, 0.4) is 0 Å². The van der Waals surface area contributed by atoms with Gasteiger partial charge in [0.15, 0.2) is 0 Å². The fraction of sp³-hybridized carbons (Fsp3) is 0.778. The molecule has 20 heavy (non-hydrogen) atoms. The molecule has 11 heteroatoms. The van der Waals surface area contributed by atoms with Crippen molar-refractivity contribution in [3.05, 3.63) is 0 Å². The van der Waals surface area contributed by atoms with Gasteiger partial charge in [-0.2, -0.15) is 26.3 Å². The number of halogens is 6. The Labute approximate surface area is 110 Å². The van der Waals surface area contributed by atoms with Crippen LogP contribution in [0.5, 0.6) is 0 Å². The van der Waals surface area contributed by atoms with Gasteiger partial charge in [0, 0.05) is 19.5 Å². The first-order chi connectivity index (χ1) is 8.82. The molecular formula is C9H13F6N3O2. The molecule has 3 N–H and O–H groups in total. The van der Waals surface area contributed by atoms with Gasteiger partial charge >= 0.3 is 12.4 Å². The molecule has 118 valence electrons. The van der Waals surface area contributed by atoms with Crippen LogP contribution in [0, 0.1) is 5.92 Å². The summed E-state index contributed by atoms with van der Waals surface area (Å²) in [5.41, 5.74) is 5.08. The number of alkyl halides is 6. The topological polar surface area (TPSA) is 78.9 Å². The van der Waals surface area contributed by atoms with E-state index in [0.717, 1.165) is 7.05 Å². The molecule has 0 fully saturated rings. The zero-order chi connectivity index (χ0) is 16.3. The van der Waals surface area contributed by atoms with Gasteiger partial charge in [0.1, 0.15) is 5.84 Å². The van der Waals surface area contributed by atoms with Gasteiger partial charge in [-0.1, -0.05) is 5.16 Å². The summed E-state index contributed by atoms with van der Waals surface area (Å²) in [6, 6.07) is -1.11. The highest BCUT2D eigenvalue weighted by Crippen LogP contribution is 2.40. The molecule has 0 aliphatic heterocycles. The van der Waals surface area contributed by atoms with E-state index in [-0.39, 0.29) is 11.3 Å². The van der Waals surface area contributed by atoms with Gasteiger partial charge < -0.3 is 15.8 Å². The third-order valence-corrected chi connectivity index (χ3v) is 2.54. The third kappa shape index (κ3) is 4.78. The molecule has 1 amide bonds. The lowest BCUT2D eigenvalue weighted by Gasteiger charge is -2.30. The minimum absolute atomic E-state index is 0.268. The smallest absolute Gasteiger partial charge is 0.409 e. The Bertz CT molecular complexity index is 365. The highest BCUT2D eigenvalue weighted by atomic mass is 19.4. The minimum atomic E-state index is -5.75. The fourth-order valence-corrected chi connectivity index (χ4v) is 1.37. The van der Waals surface area contributed by atoms with E-state index >= 15 is 0 Å². The molecule has 0 aromatic carbocycles. The number of rotatable bonds is 4.